The lowest BCUT2D eigenvalue weighted by Crippen LogP contribution is -2.33. The number of rotatable bonds is 4. The fourth-order valence-corrected chi connectivity index (χ4v) is 2.31. The Labute approximate surface area is 126 Å². The van der Waals surface area contributed by atoms with Gasteiger partial charge in [0.15, 0.2) is 0 Å². The van der Waals surface area contributed by atoms with Crippen LogP contribution in [0.5, 0.6) is 0 Å². The van der Waals surface area contributed by atoms with E-state index < -0.39 is 11.0 Å². The van der Waals surface area contributed by atoms with Crippen molar-refractivity contribution in [1.29, 1.82) is 0 Å². The highest BCUT2D eigenvalue weighted by atomic mass is 79.9. The summed E-state index contributed by atoms with van der Waals surface area (Å²) in [5.74, 6) is 6.13. The fourth-order valence-electron chi connectivity index (χ4n) is 1.21. The molecule has 1 aromatic rings. The smallest absolute Gasteiger partial charge is 0.106 e. The molecule has 1 heterocycles. The number of pyridine rings is 1. The summed E-state index contributed by atoms with van der Waals surface area (Å²) in [5, 5.41) is 0. The van der Waals surface area contributed by atoms with Gasteiger partial charge in [0.05, 0.1) is 27.8 Å². The van der Waals surface area contributed by atoms with E-state index in [1.807, 2.05) is 39.0 Å². The van der Waals surface area contributed by atoms with Gasteiger partial charge < -0.3 is 0 Å². The van der Waals surface area contributed by atoms with Gasteiger partial charge in [0.2, 0.25) is 0 Å². The molecule has 0 amide bonds. The molecule has 1 atom stereocenters. The van der Waals surface area contributed by atoms with Crippen LogP contribution >= 0.6 is 15.9 Å². The SMILES string of the molecule is CC(C)(C)S(=O)NCCC#CCc1cccc(Br)n1. The Hall–Kier alpha value is -0.700. The maximum absolute atomic E-state index is 11.7. The molecule has 1 aromatic heterocycles. The maximum atomic E-state index is 11.7. The molecule has 0 saturated heterocycles. The van der Waals surface area contributed by atoms with Gasteiger partial charge in [-0.05, 0) is 48.8 Å². The topological polar surface area (TPSA) is 42.0 Å². The van der Waals surface area contributed by atoms with Gasteiger partial charge in [-0.1, -0.05) is 12.0 Å². The summed E-state index contributed by atoms with van der Waals surface area (Å²) in [6.07, 6.45) is 1.33. The summed E-state index contributed by atoms with van der Waals surface area (Å²) in [4.78, 5) is 4.30. The van der Waals surface area contributed by atoms with Gasteiger partial charge in [0, 0.05) is 13.0 Å². The monoisotopic (exact) mass is 342 g/mol. The average Bonchev–Trinajstić information content (AvgIpc) is 2.32. The summed E-state index contributed by atoms with van der Waals surface area (Å²) in [5.41, 5.74) is 0.952. The highest BCUT2D eigenvalue weighted by Gasteiger charge is 2.18. The lowest BCUT2D eigenvalue weighted by atomic mass is 10.2. The summed E-state index contributed by atoms with van der Waals surface area (Å²) in [6.45, 7) is 6.48. The van der Waals surface area contributed by atoms with Crippen LogP contribution in [-0.4, -0.2) is 20.5 Å². The van der Waals surface area contributed by atoms with Crippen molar-refractivity contribution in [2.45, 2.75) is 38.4 Å². The second kappa shape index (κ2) is 7.78. The van der Waals surface area contributed by atoms with Crippen molar-refractivity contribution >= 4 is 26.9 Å². The van der Waals surface area contributed by atoms with Gasteiger partial charge in [-0.25, -0.2) is 13.9 Å². The molecule has 1 unspecified atom stereocenters. The molecule has 104 valence electrons. The molecule has 0 fully saturated rings. The van der Waals surface area contributed by atoms with Crippen molar-refractivity contribution in [3.8, 4) is 11.8 Å². The van der Waals surface area contributed by atoms with Crippen molar-refractivity contribution in [2.24, 2.45) is 0 Å². The number of hydrogen-bond acceptors (Lipinski definition) is 2. The van der Waals surface area contributed by atoms with E-state index in [0.717, 1.165) is 10.3 Å². The number of nitrogens with one attached hydrogen (secondary N) is 1. The van der Waals surface area contributed by atoms with E-state index in [9.17, 15) is 4.21 Å². The van der Waals surface area contributed by atoms with Crippen molar-refractivity contribution in [2.75, 3.05) is 6.54 Å². The minimum atomic E-state index is -1.02. The number of nitrogens with zero attached hydrogens (tertiary/aromatic N) is 1. The molecule has 3 nitrogen and oxygen atoms in total. The van der Waals surface area contributed by atoms with Crippen molar-refractivity contribution in [1.82, 2.24) is 9.71 Å². The predicted octanol–water partition coefficient (Wildman–Crippen LogP) is 2.83. The van der Waals surface area contributed by atoms with Crippen LogP contribution in [-0.2, 0) is 17.4 Å². The zero-order chi connectivity index (χ0) is 14.3. The van der Waals surface area contributed by atoms with Crippen LogP contribution in [0.25, 0.3) is 0 Å². The predicted molar refractivity (Wildman–Crippen MR) is 83.9 cm³/mol. The van der Waals surface area contributed by atoms with E-state index in [4.69, 9.17) is 0 Å². The van der Waals surface area contributed by atoms with Crippen LogP contribution in [0.15, 0.2) is 22.8 Å². The summed E-state index contributed by atoms with van der Waals surface area (Å²) in [6, 6.07) is 5.79. The Bertz CT molecular complexity index is 500. The minimum absolute atomic E-state index is 0.229. The van der Waals surface area contributed by atoms with Gasteiger partial charge in [-0.15, -0.1) is 5.92 Å². The molecule has 19 heavy (non-hydrogen) atoms. The van der Waals surface area contributed by atoms with Crippen LogP contribution in [0.3, 0.4) is 0 Å². The standard InChI is InChI=1S/C14H19BrN2OS/c1-14(2,3)19(18)16-11-6-4-5-8-12-9-7-10-13(15)17-12/h7,9-10,16H,6,8,11H2,1-3H3. The van der Waals surface area contributed by atoms with Crippen molar-refractivity contribution in [3.05, 3.63) is 28.5 Å². The van der Waals surface area contributed by atoms with Crippen LogP contribution in [0.2, 0.25) is 0 Å². The third kappa shape index (κ3) is 6.86. The van der Waals surface area contributed by atoms with E-state index in [1.165, 1.54) is 0 Å². The van der Waals surface area contributed by atoms with Gasteiger partial charge in [0.1, 0.15) is 4.60 Å². The molecular formula is C14H19BrN2OS. The van der Waals surface area contributed by atoms with Crippen molar-refractivity contribution < 1.29 is 4.21 Å². The number of halogens is 1. The molecule has 0 saturated carbocycles. The Morgan fingerprint density at radius 3 is 2.74 bits per heavy atom. The maximum Gasteiger partial charge on any atom is 0.106 e. The Kier molecular flexibility index (Phi) is 6.70. The Morgan fingerprint density at radius 2 is 2.11 bits per heavy atom. The zero-order valence-electron chi connectivity index (χ0n) is 11.5. The molecule has 0 bridgehead atoms. The molecule has 0 radical (unpaired) electrons. The Morgan fingerprint density at radius 1 is 1.37 bits per heavy atom. The largest absolute Gasteiger partial charge is 0.245 e. The van der Waals surface area contributed by atoms with Crippen molar-refractivity contribution in [3.63, 3.8) is 0 Å². The molecule has 0 aliphatic rings. The number of aromatic nitrogens is 1. The van der Waals surface area contributed by atoms with Crippen LogP contribution in [0.1, 0.15) is 32.9 Å². The van der Waals surface area contributed by atoms with Crippen LogP contribution in [0.4, 0.5) is 0 Å². The third-order valence-corrected chi connectivity index (χ3v) is 4.23. The molecule has 0 aliphatic heterocycles. The summed E-state index contributed by atoms with van der Waals surface area (Å²) < 4.78 is 15.3. The second-order valence-electron chi connectivity index (χ2n) is 5.01. The molecule has 0 aliphatic carbocycles. The molecule has 0 aromatic carbocycles. The van der Waals surface area contributed by atoms with E-state index in [1.54, 1.807) is 0 Å². The van der Waals surface area contributed by atoms with E-state index in [-0.39, 0.29) is 4.75 Å². The summed E-state index contributed by atoms with van der Waals surface area (Å²) >= 11 is 3.33. The zero-order valence-corrected chi connectivity index (χ0v) is 13.9. The molecule has 1 rings (SSSR count). The van der Waals surface area contributed by atoms with Gasteiger partial charge >= 0.3 is 0 Å². The van der Waals surface area contributed by atoms with E-state index >= 15 is 0 Å². The Balaban J connectivity index is 2.28. The highest BCUT2D eigenvalue weighted by molar-refractivity contribution is 9.10. The third-order valence-electron chi connectivity index (χ3n) is 2.21. The van der Waals surface area contributed by atoms with Crippen LogP contribution < -0.4 is 4.72 Å². The first-order chi connectivity index (χ1) is 8.89. The van der Waals surface area contributed by atoms with Gasteiger partial charge in [0.25, 0.3) is 0 Å². The first-order valence-electron chi connectivity index (χ1n) is 6.12. The minimum Gasteiger partial charge on any atom is -0.245 e. The van der Waals surface area contributed by atoms with E-state index in [0.29, 0.717) is 19.4 Å². The fraction of sp³-hybridized carbons (Fsp3) is 0.500. The quantitative estimate of drug-likeness (QED) is 0.519. The summed E-state index contributed by atoms with van der Waals surface area (Å²) in [7, 11) is -1.02. The second-order valence-corrected chi connectivity index (χ2v) is 7.87. The first kappa shape index (κ1) is 16.4. The number of hydrogen-bond donors (Lipinski definition) is 1. The normalized spacial score (nSPS) is 12.6. The first-order valence-corrected chi connectivity index (χ1v) is 8.06. The molecule has 0 spiro atoms. The lowest BCUT2D eigenvalue weighted by Gasteiger charge is -2.17. The molecule has 1 N–H and O–H groups in total. The van der Waals surface area contributed by atoms with Gasteiger partial charge in [-0.2, -0.15) is 0 Å². The molecular weight excluding hydrogens is 324 g/mol. The van der Waals surface area contributed by atoms with E-state index in [2.05, 4.69) is 37.5 Å². The highest BCUT2D eigenvalue weighted by Crippen LogP contribution is 2.08. The average molecular weight is 343 g/mol. The van der Waals surface area contributed by atoms with Crippen LogP contribution in [0, 0.1) is 11.8 Å². The van der Waals surface area contributed by atoms with Gasteiger partial charge in [-0.3, -0.25) is 0 Å². The molecule has 5 heteroatoms. The lowest BCUT2D eigenvalue weighted by molar-refractivity contribution is 0.636.